The molecular formula is C15H34O3P+. The number of rotatable bonds is 11. The highest BCUT2D eigenvalue weighted by atomic mass is 31.1. The molecular weight excluding hydrogens is 259 g/mol. The monoisotopic (exact) mass is 293 g/mol. The van der Waals surface area contributed by atoms with Crippen molar-refractivity contribution in [3.63, 3.8) is 0 Å². The molecule has 0 unspecified atom stereocenters. The number of unbranched alkanes of at least 4 members (excludes halogenated alkanes) is 5. The highest BCUT2D eigenvalue weighted by Crippen LogP contribution is 2.22. The molecule has 0 saturated heterocycles. The van der Waals surface area contributed by atoms with Crippen molar-refractivity contribution in [3.05, 3.63) is 0 Å². The average molecular weight is 293 g/mol. The Hall–Kier alpha value is 0.0200. The lowest BCUT2D eigenvalue weighted by Gasteiger charge is -2.15. The molecule has 0 heterocycles. The van der Waals surface area contributed by atoms with Crippen molar-refractivity contribution in [2.75, 3.05) is 0 Å². The van der Waals surface area contributed by atoms with Crippen LogP contribution in [0.5, 0.6) is 0 Å². The van der Waals surface area contributed by atoms with Gasteiger partial charge in [0.15, 0.2) is 0 Å². The van der Waals surface area contributed by atoms with Gasteiger partial charge in [0.2, 0.25) is 0 Å². The Labute approximate surface area is 120 Å². The van der Waals surface area contributed by atoms with Gasteiger partial charge in [-0.25, -0.2) is 0 Å². The summed E-state index contributed by atoms with van der Waals surface area (Å²) in [5.74, 6) is 1.04. The third-order valence-electron chi connectivity index (χ3n) is 3.40. The quantitative estimate of drug-likeness (QED) is 0.386. The lowest BCUT2D eigenvalue weighted by molar-refractivity contribution is 0.377. The SMILES string of the molecule is CCCCCCC(CCCC)CCCC.O=[P+](O)O. The molecule has 0 radical (unpaired) electrons. The molecule has 0 aliphatic carbocycles. The van der Waals surface area contributed by atoms with Crippen LogP contribution in [0.1, 0.15) is 91.4 Å². The second kappa shape index (κ2) is 18.0. The standard InChI is InChI=1S/C15H32.HO3P/c1-4-7-10-11-14-15(12-8-5-2)13-9-6-3;1-4(2)3/h15H,4-14H2,1-3H3;(H-,1,2,3)/p+1. The summed E-state index contributed by atoms with van der Waals surface area (Å²) in [4.78, 5) is 14.2. The molecule has 4 heteroatoms. The molecule has 19 heavy (non-hydrogen) atoms. The molecule has 0 rings (SSSR count). The molecule has 0 bridgehead atoms. The summed E-state index contributed by atoms with van der Waals surface area (Å²) in [5.41, 5.74) is 0. The van der Waals surface area contributed by atoms with Crippen LogP contribution in [0.25, 0.3) is 0 Å². The van der Waals surface area contributed by atoms with E-state index in [2.05, 4.69) is 20.8 Å². The first-order valence-electron chi connectivity index (χ1n) is 7.93. The van der Waals surface area contributed by atoms with Crippen molar-refractivity contribution >= 4 is 8.25 Å². The normalized spacial score (nSPS) is 10.2. The van der Waals surface area contributed by atoms with Crippen molar-refractivity contribution in [3.8, 4) is 0 Å². The van der Waals surface area contributed by atoms with Crippen LogP contribution in [0, 0.1) is 5.92 Å². The smallest absolute Gasteiger partial charge is 0.134 e. The zero-order valence-corrected chi connectivity index (χ0v) is 14.0. The van der Waals surface area contributed by atoms with Gasteiger partial charge in [-0.15, -0.1) is 9.79 Å². The molecule has 0 amide bonds. The highest BCUT2D eigenvalue weighted by Gasteiger charge is 2.07. The maximum Gasteiger partial charge on any atom is 0.692 e. The Morgan fingerprint density at radius 1 is 0.737 bits per heavy atom. The van der Waals surface area contributed by atoms with Crippen molar-refractivity contribution in [1.82, 2.24) is 0 Å². The van der Waals surface area contributed by atoms with Gasteiger partial charge >= 0.3 is 8.25 Å². The minimum absolute atomic E-state index is 1.04. The largest absolute Gasteiger partial charge is 0.692 e. The van der Waals surface area contributed by atoms with Gasteiger partial charge in [0.05, 0.1) is 0 Å². The highest BCUT2D eigenvalue weighted by molar-refractivity contribution is 7.30. The fourth-order valence-electron chi connectivity index (χ4n) is 2.28. The summed E-state index contributed by atoms with van der Waals surface area (Å²) in [6.45, 7) is 6.92. The molecule has 0 aliphatic heterocycles. The molecule has 0 fully saturated rings. The summed E-state index contributed by atoms with van der Waals surface area (Å²) in [6, 6.07) is 0. The molecule has 0 atom stereocenters. The van der Waals surface area contributed by atoms with Crippen LogP contribution in [-0.4, -0.2) is 9.79 Å². The van der Waals surface area contributed by atoms with Gasteiger partial charge < -0.3 is 0 Å². The van der Waals surface area contributed by atoms with E-state index in [0.29, 0.717) is 0 Å². The van der Waals surface area contributed by atoms with Gasteiger partial charge in [-0.2, -0.15) is 0 Å². The molecule has 0 aromatic rings. The van der Waals surface area contributed by atoms with Gasteiger partial charge in [-0.1, -0.05) is 91.4 Å². The third kappa shape index (κ3) is 23.5. The van der Waals surface area contributed by atoms with Gasteiger partial charge in [-0.3, -0.25) is 0 Å². The third-order valence-corrected chi connectivity index (χ3v) is 3.40. The lowest BCUT2D eigenvalue weighted by Crippen LogP contribution is -2.00. The molecule has 0 aromatic carbocycles. The van der Waals surface area contributed by atoms with E-state index >= 15 is 0 Å². The van der Waals surface area contributed by atoms with E-state index in [1.807, 2.05) is 0 Å². The second-order valence-electron chi connectivity index (χ2n) is 5.25. The van der Waals surface area contributed by atoms with Gasteiger partial charge in [0.25, 0.3) is 0 Å². The van der Waals surface area contributed by atoms with E-state index in [-0.39, 0.29) is 0 Å². The summed E-state index contributed by atoms with van der Waals surface area (Å²) >= 11 is 0. The predicted molar refractivity (Wildman–Crippen MR) is 83.3 cm³/mol. The molecule has 116 valence electrons. The van der Waals surface area contributed by atoms with Crippen LogP contribution in [-0.2, 0) is 4.57 Å². The first kappa shape index (κ1) is 21.3. The Morgan fingerprint density at radius 2 is 1.11 bits per heavy atom. The molecule has 3 nitrogen and oxygen atoms in total. The Balaban J connectivity index is 0. The van der Waals surface area contributed by atoms with E-state index in [1.165, 1.54) is 70.6 Å². The zero-order chi connectivity index (χ0) is 14.9. The lowest BCUT2D eigenvalue weighted by atomic mass is 9.91. The minimum atomic E-state index is -2.87. The average Bonchev–Trinajstić information content (AvgIpc) is 2.36. The number of hydrogen-bond acceptors (Lipinski definition) is 1. The molecule has 2 N–H and O–H groups in total. The maximum atomic E-state index is 8.70. The summed E-state index contributed by atoms with van der Waals surface area (Å²) < 4.78 is 8.70. The van der Waals surface area contributed by atoms with Gasteiger partial charge in [0.1, 0.15) is 0 Å². The van der Waals surface area contributed by atoms with Crippen LogP contribution >= 0.6 is 8.25 Å². The van der Waals surface area contributed by atoms with Crippen LogP contribution in [0.2, 0.25) is 0 Å². The van der Waals surface area contributed by atoms with Crippen LogP contribution in [0.4, 0.5) is 0 Å². The first-order chi connectivity index (χ1) is 9.08. The fraction of sp³-hybridized carbons (Fsp3) is 1.00. The van der Waals surface area contributed by atoms with E-state index < -0.39 is 8.25 Å². The van der Waals surface area contributed by atoms with Crippen molar-refractivity contribution < 1.29 is 14.4 Å². The van der Waals surface area contributed by atoms with Crippen molar-refractivity contribution in [2.45, 2.75) is 91.4 Å². The summed E-state index contributed by atoms with van der Waals surface area (Å²) in [7, 11) is -2.87. The summed E-state index contributed by atoms with van der Waals surface area (Å²) in [6.07, 6.45) is 15.9. The van der Waals surface area contributed by atoms with Crippen molar-refractivity contribution in [2.24, 2.45) is 5.92 Å². The van der Waals surface area contributed by atoms with Crippen LogP contribution in [0.3, 0.4) is 0 Å². The minimum Gasteiger partial charge on any atom is -0.134 e. The van der Waals surface area contributed by atoms with Crippen LogP contribution in [0.15, 0.2) is 0 Å². The molecule has 0 aliphatic rings. The van der Waals surface area contributed by atoms with Crippen molar-refractivity contribution in [1.29, 1.82) is 0 Å². The van der Waals surface area contributed by atoms with E-state index in [1.54, 1.807) is 0 Å². The van der Waals surface area contributed by atoms with E-state index in [4.69, 9.17) is 14.4 Å². The Bertz CT molecular complexity index is 174. The molecule has 0 spiro atoms. The maximum absolute atomic E-state index is 8.70. The van der Waals surface area contributed by atoms with E-state index in [9.17, 15) is 0 Å². The first-order valence-corrected chi connectivity index (χ1v) is 9.09. The topological polar surface area (TPSA) is 57.5 Å². The number of hydrogen-bond donors (Lipinski definition) is 2. The van der Waals surface area contributed by atoms with Gasteiger partial charge in [-0.05, 0) is 5.92 Å². The Kier molecular flexibility index (Phi) is 20.2. The van der Waals surface area contributed by atoms with Gasteiger partial charge in [0, 0.05) is 4.57 Å². The Morgan fingerprint density at radius 3 is 1.47 bits per heavy atom. The summed E-state index contributed by atoms with van der Waals surface area (Å²) in [5, 5.41) is 0. The predicted octanol–water partition coefficient (Wildman–Crippen LogP) is 5.58. The second-order valence-corrected chi connectivity index (χ2v) is 5.76. The fourth-order valence-corrected chi connectivity index (χ4v) is 2.28. The zero-order valence-electron chi connectivity index (χ0n) is 13.1. The molecule has 0 aromatic heterocycles. The van der Waals surface area contributed by atoms with Crippen LogP contribution < -0.4 is 0 Å². The molecule has 0 saturated carbocycles. The van der Waals surface area contributed by atoms with E-state index in [0.717, 1.165) is 5.92 Å².